The summed E-state index contributed by atoms with van der Waals surface area (Å²) in [5.41, 5.74) is 3.70. The van der Waals surface area contributed by atoms with Crippen molar-refractivity contribution in [2.45, 2.75) is 27.2 Å². The van der Waals surface area contributed by atoms with E-state index in [4.69, 9.17) is 4.74 Å². The molecule has 0 radical (unpaired) electrons. The van der Waals surface area contributed by atoms with Gasteiger partial charge in [0.15, 0.2) is 5.13 Å². The van der Waals surface area contributed by atoms with E-state index in [1.165, 1.54) is 21.8 Å². The van der Waals surface area contributed by atoms with Gasteiger partial charge in [-0.25, -0.2) is 9.78 Å². The second kappa shape index (κ2) is 7.29. The number of likely N-dealkylation sites (N-methyl/N-ethyl adjacent to an activating group) is 1. The molecule has 0 aliphatic carbocycles. The number of fused-ring (bicyclic) bond motifs is 1. The molecule has 2 heterocycles. The molecule has 0 aliphatic heterocycles. The predicted octanol–water partition coefficient (Wildman–Crippen LogP) is 3.62. The second-order valence-corrected chi connectivity index (χ2v) is 7.10. The van der Waals surface area contributed by atoms with Crippen molar-refractivity contribution in [3.63, 3.8) is 0 Å². The fourth-order valence-electron chi connectivity index (χ4n) is 2.75. The zero-order chi connectivity index (χ0) is 18.8. The fourth-order valence-corrected chi connectivity index (χ4v) is 3.69. The van der Waals surface area contributed by atoms with E-state index >= 15 is 0 Å². The van der Waals surface area contributed by atoms with Gasteiger partial charge < -0.3 is 9.72 Å². The van der Waals surface area contributed by atoms with Crippen LogP contribution in [0.1, 0.15) is 33.4 Å². The molecule has 0 bridgehead atoms. The summed E-state index contributed by atoms with van der Waals surface area (Å²) in [5.74, 6) is -0.489. The number of amides is 1. The van der Waals surface area contributed by atoms with Crippen LogP contribution in [0.5, 0.6) is 0 Å². The highest BCUT2D eigenvalue weighted by atomic mass is 32.1. The summed E-state index contributed by atoms with van der Waals surface area (Å²) < 4.78 is 5.03. The lowest BCUT2D eigenvalue weighted by molar-refractivity contribution is -0.117. The summed E-state index contributed by atoms with van der Waals surface area (Å²) >= 11 is 1.17. The zero-order valence-electron chi connectivity index (χ0n) is 15.3. The Kier molecular flexibility index (Phi) is 5.08. The molecule has 0 saturated heterocycles. The molecule has 1 aromatic carbocycles. The first kappa shape index (κ1) is 18.1. The lowest BCUT2D eigenvalue weighted by Gasteiger charge is -2.13. The third-order valence-electron chi connectivity index (χ3n) is 4.17. The van der Waals surface area contributed by atoms with Crippen molar-refractivity contribution in [1.29, 1.82) is 0 Å². The molecule has 3 rings (SSSR count). The van der Waals surface area contributed by atoms with Gasteiger partial charge in [0.05, 0.1) is 18.7 Å². The number of carbonyl (C=O) groups is 2. The summed E-state index contributed by atoms with van der Waals surface area (Å²) in [4.78, 5) is 34.1. The van der Waals surface area contributed by atoms with E-state index in [2.05, 4.69) is 16.0 Å². The number of benzene rings is 1. The van der Waals surface area contributed by atoms with E-state index in [0.29, 0.717) is 22.3 Å². The number of hydrogen-bond acceptors (Lipinski definition) is 5. The molecule has 26 heavy (non-hydrogen) atoms. The second-order valence-electron chi connectivity index (χ2n) is 6.12. The van der Waals surface area contributed by atoms with Crippen molar-refractivity contribution in [3.05, 3.63) is 46.1 Å². The Morgan fingerprint density at radius 3 is 2.81 bits per heavy atom. The van der Waals surface area contributed by atoms with Crippen LogP contribution in [0.25, 0.3) is 10.9 Å². The monoisotopic (exact) mass is 371 g/mol. The molecule has 136 valence electrons. The summed E-state index contributed by atoms with van der Waals surface area (Å²) in [6.45, 7) is 5.84. The number of aromatic amines is 1. The summed E-state index contributed by atoms with van der Waals surface area (Å²) in [5, 5.41) is 1.53. The first-order chi connectivity index (χ1) is 12.4. The number of rotatable bonds is 5. The van der Waals surface area contributed by atoms with E-state index in [1.54, 1.807) is 20.9 Å². The van der Waals surface area contributed by atoms with Crippen molar-refractivity contribution in [3.8, 4) is 0 Å². The number of nitrogens with zero attached hydrogens (tertiary/aromatic N) is 2. The average molecular weight is 371 g/mol. The van der Waals surface area contributed by atoms with E-state index in [1.807, 2.05) is 25.3 Å². The van der Waals surface area contributed by atoms with Crippen molar-refractivity contribution < 1.29 is 14.3 Å². The van der Waals surface area contributed by atoms with Gasteiger partial charge in [-0.05, 0) is 38.0 Å². The van der Waals surface area contributed by atoms with Gasteiger partial charge >= 0.3 is 5.97 Å². The zero-order valence-corrected chi connectivity index (χ0v) is 16.1. The Morgan fingerprint density at radius 1 is 1.31 bits per heavy atom. The molecule has 0 unspecified atom stereocenters. The number of H-pyrrole nitrogens is 1. The van der Waals surface area contributed by atoms with Gasteiger partial charge in [0.1, 0.15) is 4.88 Å². The van der Waals surface area contributed by atoms with Crippen molar-refractivity contribution >= 4 is 39.2 Å². The molecular formula is C19H21N3O3S. The molecular weight excluding hydrogens is 350 g/mol. The smallest absolute Gasteiger partial charge is 0.350 e. The number of ether oxygens (including phenoxy) is 1. The van der Waals surface area contributed by atoms with Crippen LogP contribution in [0.4, 0.5) is 5.13 Å². The van der Waals surface area contributed by atoms with Crippen LogP contribution in [0.2, 0.25) is 0 Å². The number of anilines is 1. The minimum atomic E-state index is -0.401. The normalized spacial score (nSPS) is 10.9. The molecule has 0 aliphatic rings. The van der Waals surface area contributed by atoms with Crippen LogP contribution in [-0.4, -0.2) is 35.5 Å². The SMILES string of the molecule is CCOC(=O)c1sc(N(C)C(=O)Cc2c[nH]c3cc(C)ccc23)nc1C. The molecule has 1 N–H and O–H groups in total. The van der Waals surface area contributed by atoms with Gasteiger partial charge in [0.25, 0.3) is 0 Å². The van der Waals surface area contributed by atoms with Gasteiger partial charge in [-0.15, -0.1) is 0 Å². The number of aromatic nitrogens is 2. The average Bonchev–Trinajstić information content (AvgIpc) is 3.18. The first-order valence-corrected chi connectivity index (χ1v) is 9.20. The Bertz CT molecular complexity index is 974. The van der Waals surface area contributed by atoms with E-state index in [9.17, 15) is 9.59 Å². The van der Waals surface area contributed by atoms with E-state index < -0.39 is 5.97 Å². The topological polar surface area (TPSA) is 75.3 Å². The maximum absolute atomic E-state index is 12.7. The molecule has 2 aromatic heterocycles. The Hall–Kier alpha value is -2.67. The number of carbonyl (C=O) groups excluding carboxylic acids is 2. The molecule has 0 fully saturated rings. The van der Waals surface area contributed by atoms with Gasteiger partial charge in [-0.2, -0.15) is 0 Å². The van der Waals surface area contributed by atoms with Crippen LogP contribution in [0, 0.1) is 13.8 Å². The minimum Gasteiger partial charge on any atom is -0.462 e. The maximum Gasteiger partial charge on any atom is 0.350 e. The number of thiazole rings is 1. The number of nitrogens with one attached hydrogen (secondary N) is 1. The number of aryl methyl sites for hydroxylation is 2. The van der Waals surface area contributed by atoms with Gasteiger partial charge in [0.2, 0.25) is 5.91 Å². The highest BCUT2D eigenvalue weighted by Crippen LogP contribution is 2.27. The lowest BCUT2D eigenvalue weighted by atomic mass is 10.1. The molecule has 0 saturated carbocycles. The van der Waals surface area contributed by atoms with Crippen LogP contribution in [-0.2, 0) is 16.0 Å². The molecule has 3 aromatic rings. The Balaban J connectivity index is 1.79. The quantitative estimate of drug-likeness (QED) is 0.695. The first-order valence-electron chi connectivity index (χ1n) is 8.38. The third kappa shape index (κ3) is 3.48. The molecule has 1 amide bonds. The highest BCUT2D eigenvalue weighted by molar-refractivity contribution is 7.17. The van der Waals surface area contributed by atoms with Gasteiger partial charge in [-0.1, -0.05) is 23.5 Å². The maximum atomic E-state index is 12.7. The number of hydrogen-bond donors (Lipinski definition) is 1. The van der Waals surface area contributed by atoms with Crippen LogP contribution in [0.15, 0.2) is 24.4 Å². The third-order valence-corrected chi connectivity index (χ3v) is 5.39. The highest BCUT2D eigenvalue weighted by Gasteiger charge is 2.22. The van der Waals surface area contributed by atoms with Gasteiger partial charge in [0, 0.05) is 24.1 Å². The van der Waals surface area contributed by atoms with Crippen LogP contribution in [0.3, 0.4) is 0 Å². The van der Waals surface area contributed by atoms with Crippen molar-refractivity contribution in [2.24, 2.45) is 0 Å². The van der Waals surface area contributed by atoms with Crippen molar-refractivity contribution in [2.75, 3.05) is 18.6 Å². The van der Waals surface area contributed by atoms with Crippen LogP contribution < -0.4 is 4.90 Å². The standard InChI is InChI=1S/C19H21N3O3S/c1-5-25-18(24)17-12(3)21-19(26-17)22(4)16(23)9-13-10-20-15-8-11(2)6-7-14(13)15/h6-8,10,20H,5,9H2,1-4H3. The Labute approximate surface area is 155 Å². The van der Waals surface area contributed by atoms with Crippen molar-refractivity contribution in [1.82, 2.24) is 9.97 Å². The molecule has 0 spiro atoms. The molecule has 7 heteroatoms. The minimum absolute atomic E-state index is 0.0874. The Morgan fingerprint density at radius 2 is 2.08 bits per heavy atom. The van der Waals surface area contributed by atoms with Crippen LogP contribution >= 0.6 is 11.3 Å². The molecule has 6 nitrogen and oxygen atoms in total. The predicted molar refractivity (Wildman–Crippen MR) is 103 cm³/mol. The van der Waals surface area contributed by atoms with E-state index in [-0.39, 0.29) is 12.3 Å². The summed E-state index contributed by atoms with van der Waals surface area (Å²) in [7, 11) is 1.68. The van der Waals surface area contributed by atoms with Gasteiger partial charge in [-0.3, -0.25) is 9.69 Å². The van der Waals surface area contributed by atoms with E-state index in [0.717, 1.165) is 16.5 Å². The fraction of sp³-hybridized carbons (Fsp3) is 0.316. The number of esters is 1. The summed E-state index contributed by atoms with van der Waals surface area (Å²) in [6, 6.07) is 6.11. The molecule has 0 atom stereocenters. The summed E-state index contributed by atoms with van der Waals surface area (Å²) in [6.07, 6.45) is 2.12. The lowest BCUT2D eigenvalue weighted by Crippen LogP contribution is -2.27. The largest absolute Gasteiger partial charge is 0.462 e.